The van der Waals surface area contributed by atoms with Crippen molar-refractivity contribution in [2.24, 2.45) is 5.92 Å². The summed E-state index contributed by atoms with van der Waals surface area (Å²) >= 11 is 0. The van der Waals surface area contributed by atoms with Crippen LogP contribution in [0.3, 0.4) is 0 Å². The molecule has 3 heterocycles. The Labute approximate surface area is 122 Å². The Morgan fingerprint density at radius 3 is 3.24 bits per heavy atom. The van der Waals surface area contributed by atoms with Gasteiger partial charge in [0, 0.05) is 31.2 Å². The highest BCUT2D eigenvalue weighted by atomic mass is 16.5. The Morgan fingerprint density at radius 1 is 1.52 bits per heavy atom. The first-order chi connectivity index (χ1) is 10.3. The monoisotopic (exact) mass is 287 g/mol. The molecule has 0 radical (unpaired) electrons. The van der Waals surface area contributed by atoms with Crippen molar-refractivity contribution in [2.75, 3.05) is 18.5 Å². The van der Waals surface area contributed by atoms with Crippen molar-refractivity contribution in [3.63, 3.8) is 0 Å². The van der Waals surface area contributed by atoms with Crippen LogP contribution in [0.4, 0.5) is 5.82 Å². The van der Waals surface area contributed by atoms with Crippen LogP contribution in [0.1, 0.15) is 12.2 Å². The summed E-state index contributed by atoms with van der Waals surface area (Å²) in [4.78, 5) is 11.9. The zero-order chi connectivity index (χ0) is 14.5. The molecule has 1 atom stereocenters. The van der Waals surface area contributed by atoms with Gasteiger partial charge < -0.3 is 14.5 Å². The number of nitrogens with one attached hydrogen (secondary N) is 1. The van der Waals surface area contributed by atoms with Crippen molar-refractivity contribution in [3.05, 3.63) is 42.5 Å². The number of rotatable bonds is 5. The van der Waals surface area contributed by atoms with E-state index in [9.17, 15) is 4.79 Å². The van der Waals surface area contributed by atoms with E-state index in [-0.39, 0.29) is 5.91 Å². The Hall–Kier alpha value is -2.34. The fourth-order valence-corrected chi connectivity index (χ4v) is 2.27. The van der Waals surface area contributed by atoms with E-state index in [1.807, 2.05) is 0 Å². The molecule has 0 saturated carbocycles. The molecule has 21 heavy (non-hydrogen) atoms. The molecule has 0 aromatic carbocycles. The third kappa shape index (κ3) is 3.61. The average Bonchev–Trinajstić information content (AvgIpc) is 3.20. The van der Waals surface area contributed by atoms with Crippen molar-refractivity contribution in [3.8, 4) is 0 Å². The van der Waals surface area contributed by atoms with Crippen LogP contribution in [0.2, 0.25) is 0 Å². The summed E-state index contributed by atoms with van der Waals surface area (Å²) < 4.78 is 12.3. The number of carbonyl (C=O) groups is 1. The standard InChI is InChI=1S/C15H17N3O3/c19-15(4-3-13-2-1-8-21-13)17-14-5-7-16-18(14)10-12-6-9-20-11-12/h1-5,7-8,12H,6,9-11H2,(H,17,19)/b4-3-/t12-/m0/s1. The molecule has 110 valence electrons. The number of carbonyl (C=O) groups excluding carboxylic acids is 1. The first-order valence-electron chi connectivity index (χ1n) is 6.93. The summed E-state index contributed by atoms with van der Waals surface area (Å²) in [6.07, 6.45) is 7.35. The molecule has 2 aromatic rings. The van der Waals surface area contributed by atoms with Crippen LogP contribution in [-0.2, 0) is 16.1 Å². The summed E-state index contributed by atoms with van der Waals surface area (Å²) in [7, 11) is 0. The predicted octanol–water partition coefficient (Wildman–Crippen LogP) is 2.16. The van der Waals surface area contributed by atoms with E-state index in [0.717, 1.165) is 26.2 Å². The zero-order valence-electron chi connectivity index (χ0n) is 11.6. The molecule has 1 N–H and O–H groups in total. The Balaban J connectivity index is 1.59. The number of hydrogen-bond acceptors (Lipinski definition) is 4. The molecule has 0 spiro atoms. The lowest BCUT2D eigenvalue weighted by molar-refractivity contribution is -0.111. The normalized spacial score (nSPS) is 18.4. The molecule has 1 aliphatic rings. The van der Waals surface area contributed by atoms with E-state index in [1.165, 1.54) is 6.08 Å². The van der Waals surface area contributed by atoms with E-state index in [1.54, 1.807) is 41.4 Å². The molecule has 0 aliphatic carbocycles. The molecule has 1 fully saturated rings. The van der Waals surface area contributed by atoms with Crippen LogP contribution < -0.4 is 5.32 Å². The molecule has 6 heteroatoms. The van der Waals surface area contributed by atoms with Gasteiger partial charge in [-0.1, -0.05) is 0 Å². The molecule has 1 aliphatic heterocycles. The summed E-state index contributed by atoms with van der Waals surface area (Å²) in [5.41, 5.74) is 0. The second kappa shape index (κ2) is 6.41. The largest absolute Gasteiger partial charge is 0.465 e. The van der Waals surface area contributed by atoms with E-state index < -0.39 is 0 Å². The molecule has 1 saturated heterocycles. The molecule has 0 bridgehead atoms. The highest BCUT2D eigenvalue weighted by Gasteiger charge is 2.17. The minimum atomic E-state index is -0.212. The fraction of sp³-hybridized carbons (Fsp3) is 0.333. The van der Waals surface area contributed by atoms with Gasteiger partial charge in [0.1, 0.15) is 11.6 Å². The third-order valence-corrected chi connectivity index (χ3v) is 3.37. The first kappa shape index (κ1) is 13.6. The SMILES string of the molecule is O=C(/C=C\c1ccco1)Nc1ccnn1C[C@@H]1CCOC1. The maximum absolute atomic E-state index is 11.9. The van der Waals surface area contributed by atoms with E-state index in [0.29, 0.717) is 17.5 Å². The number of hydrogen-bond donors (Lipinski definition) is 1. The number of ether oxygens (including phenoxy) is 1. The van der Waals surface area contributed by atoms with Crippen LogP contribution in [0.15, 0.2) is 41.2 Å². The lowest BCUT2D eigenvalue weighted by atomic mass is 10.1. The summed E-state index contributed by atoms with van der Waals surface area (Å²) in [5.74, 6) is 1.58. The van der Waals surface area contributed by atoms with Gasteiger partial charge in [0.15, 0.2) is 0 Å². The lowest BCUT2D eigenvalue weighted by Crippen LogP contribution is -2.17. The molecule has 0 unspecified atom stereocenters. The number of anilines is 1. The van der Waals surface area contributed by atoms with E-state index in [4.69, 9.17) is 9.15 Å². The summed E-state index contributed by atoms with van der Waals surface area (Å²) in [6, 6.07) is 5.35. The van der Waals surface area contributed by atoms with Gasteiger partial charge in [0.05, 0.1) is 19.1 Å². The summed E-state index contributed by atoms with van der Waals surface area (Å²) in [6.45, 7) is 2.32. The van der Waals surface area contributed by atoms with Crippen LogP contribution in [0.5, 0.6) is 0 Å². The second-order valence-electron chi connectivity index (χ2n) is 4.97. The number of nitrogens with zero attached hydrogens (tertiary/aromatic N) is 2. The van der Waals surface area contributed by atoms with Gasteiger partial charge in [-0.3, -0.25) is 4.79 Å². The van der Waals surface area contributed by atoms with Crippen LogP contribution in [-0.4, -0.2) is 28.9 Å². The maximum Gasteiger partial charge on any atom is 0.249 e. The zero-order valence-corrected chi connectivity index (χ0v) is 11.6. The minimum Gasteiger partial charge on any atom is -0.465 e. The highest BCUT2D eigenvalue weighted by Crippen LogP contribution is 2.17. The minimum absolute atomic E-state index is 0.212. The molecular formula is C15H17N3O3. The molecule has 1 amide bonds. The van der Waals surface area contributed by atoms with Gasteiger partial charge in [-0.05, 0) is 24.6 Å². The van der Waals surface area contributed by atoms with Crippen molar-refractivity contribution < 1.29 is 13.9 Å². The van der Waals surface area contributed by atoms with Gasteiger partial charge in [-0.2, -0.15) is 5.10 Å². The van der Waals surface area contributed by atoms with E-state index in [2.05, 4.69) is 10.4 Å². The molecule has 3 rings (SSSR count). The van der Waals surface area contributed by atoms with Crippen molar-refractivity contribution in [1.29, 1.82) is 0 Å². The smallest absolute Gasteiger partial charge is 0.249 e. The average molecular weight is 287 g/mol. The molecule has 2 aromatic heterocycles. The second-order valence-corrected chi connectivity index (χ2v) is 4.97. The Morgan fingerprint density at radius 2 is 2.48 bits per heavy atom. The lowest BCUT2D eigenvalue weighted by Gasteiger charge is -2.11. The van der Waals surface area contributed by atoms with Gasteiger partial charge in [0.25, 0.3) is 0 Å². The van der Waals surface area contributed by atoms with Crippen molar-refractivity contribution in [2.45, 2.75) is 13.0 Å². The Kier molecular flexibility index (Phi) is 4.16. The highest BCUT2D eigenvalue weighted by molar-refractivity contribution is 6.01. The van der Waals surface area contributed by atoms with E-state index >= 15 is 0 Å². The van der Waals surface area contributed by atoms with Gasteiger partial charge in [0.2, 0.25) is 5.91 Å². The number of amides is 1. The van der Waals surface area contributed by atoms with Gasteiger partial charge in [-0.25, -0.2) is 4.68 Å². The Bertz CT molecular complexity index is 610. The van der Waals surface area contributed by atoms with Crippen molar-refractivity contribution >= 4 is 17.8 Å². The van der Waals surface area contributed by atoms with Crippen LogP contribution in [0.25, 0.3) is 6.08 Å². The first-order valence-corrected chi connectivity index (χ1v) is 6.93. The number of furan rings is 1. The molecular weight excluding hydrogens is 270 g/mol. The van der Waals surface area contributed by atoms with Crippen molar-refractivity contribution in [1.82, 2.24) is 9.78 Å². The maximum atomic E-state index is 11.9. The number of aromatic nitrogens is 2. The third-order valence-electron chi connectivity index (χ3n) is 3.37. The topological polar surface area (TPSA) is 69.3 Å². The quantitative estimate of drug-likeness (QED) is 0.856. The van der Waals surface area contributed by atoms with Gasteiger partial charge >= 0.3 is 0 Å². The molecule has 6 nitrogen and oxygen atoms in total. The van der Waals surface area contributed by atoms with Crippen LogP contribution in [0, 0.1) is 5.92 Å². The fourth-order valence-electron chi connectivity index (χ4n) is 2.27. The van der Waals surface area contributed by atoms with Crippen LogP contribution >= 0.6 is 0 Å². The predicted molar refractivity (Wildman–Crippen MR) is 77.5 cm³/mol. The van der Waals surface area contributed by atoms with Gasteiger partial charge in [-0.15, -0.1) is 0 Å². The summed E-state index contributed by atoms with van der Waals surface area (Å²) in [5, 5.41) is 7.07.